The van der Waals surface area contributed by atoms with Crippen molar-refractivity contribution in [3.05, 3.63) is 45.8 Å². The third kappa shape index (κ3) is 3.54. The van der Waals surface area contributed by atoms with Gasteiger partial charge in [0.25, 0.3) is 5.91 Å². The highest BCUT2D eigenvalue weighted by Crippen LogP contribution is 2.16. The number of aromatic nitrogens is 1. The molecule has 0 unspecified atom stereocenters. The van der Waals surface area contributed by atoms with Crippen LogP contribution in [0.5, 0.6) is 5.88 Å². The summed E-state index contributed by atoms with van der Waals surface area (Å²) in [5.41, 5.74) is 0.946. The molecule has 5 heteroatoms. The van der Waals surface area contributed by atoms with Gasteiger partial charge in [-0.15, -0.1) is 11.3 Å². The maximum atomic E-state index is 11.9. The number of nitrogens with one attached hydrogen (secondary N) is 1. The van der Waals surface area contributed by atoms with E-state index in [0.717, 1.165) is 16.9 Å². The Balaban J connectivity index is 1.92. The van der Waals surface area contributed by atoms with E-state index in [9.17, 15) is 4.79 Å². The minimum Gasteiger partial charge on any atom is -0.481 e. The summed E-state index contributed by atoms with van der Waals surface area (Å²) in [5.74, 6) is 0.529. The van der Waals surface area contributed by atoms with E-state index in [1.54, 1.807) is 19.4 Å². The monoisotopic (exact) mass is 276 g/mol. The second-order valence-corrected chi connectivity index (χ2v) is 5.18. The lowest BCUT2D eigenvalue weighted by atomic mass is 10.3. The number of hydrogen-bond acceptors (Lipinski definition) is 4. The average molecular weight is 276 g/mol. The zero-order valence-corrected chi connectivity index (χ0v) is 11.8. The highest BCUT2D eigenvalue weighted by molar-refractivity contribution is 7.14. The predicted octanol–water partition coefficient (Wildman–Crippen LogP) is 2.64. The van der Waals surface area contributed by atoms with Crippen molar-refractivity contribution in [3.63, 3.8) is 0 Å². The van der Waals surface area contributed by atoms with Crippen molar-refractivity contribution in [2.75, 3.05) is 7.11 Å². The first-order valence-electron chi connectivity index (χ1n) is 6.08. The van der Waals surface area contributed by atoms with Crippen LogP contribution in [-0.4, -0.2) is 18.0 Å². The number of amides is 1. The summed E-state index contributed by atoms with van der Waals surface area (Å²) in [6.45, 7) is 2.55. The minimum atomic E-state index is -0.0412. The number of nitrogens with zero attached hydrogens (tertiary/aromatic N) is 1. The fraction of sp³-hybridized carbons (Fsp3) is 0.286. The van der Waals surface area contributed by atoms with Gasteiger partial charge in [-0.1, -0.05) is 13.0 Å². The summed E-state index contributed by atoms with van der Waals surface area (Å²) in [5, 5.41) is 2.88. The number of carbonyl (C=O) groups is 1. The summed E-state index contributed by atoms with van der Waals surface area (Å²) in [4.78, 5) is 18.0. The molecule has 0 spiro atoms. The van der Waals surface area contributed by atoms with Gasteiger partial charge in [0.15, 0.2) is 0 Å². The first-order valence-corrected chi connectivity index (χ1v) is 6.90. The van der Waals surface area contributed by atoms with Crippen LogP contribution in [0.2, 0.25) is 0 Å². The number of hydrogen-bond donors (Lipinski definition) is 1. The van der Waals surface area contributed by atoms with Gasteiger partial charge in [-0.3, -0.25) is 4.79 Å². The zero-order chi connectivity index (χ0) is 13.7. The Bertz CT molecular complexity index is 549. The number of carbonyl (C=O) groups excluding carboxylic acids is 1. The molecule has 19 heavy (non-hydrogen) atoms. The molecule has 0 saturated carbocycles. The van der Waals surface area contributed by atoms with E-state index in [0.29, 0.717) is 12.4 Å². The second-order valence-electron chi connectivity index (χ2n) is 4.01. The van der Waals surface area contributed by atoms with Crippen LogP contribution in [-0.2, 0) is 13.0 Å². The number of ether oxygens (including phenoxy) is 1. The van der Waals surface area contributed by atoms with Crippen molar-refractivity contribution in [1.82, 2.24) is 10.3 Å². The van der Waals surface area contributed by atoms with Gasteiger partial charge in [0.2, 0.25) is 5.88 Å². The molecule has 0 aliphatic carbocycles. The smallest absolute Gasteiger partial charge is 0.261 e. The molecule has 4 nitrogen and oxygen atoms in total. The Kier molecular flexibility index (Phi) is 4.52. The van der Waals surface area contributed by atoms with Crippen LogP contribution >= 0.6 is 11.3 Å². The number of methoxy groups -OCH3 is 1. The summed E-state index contributed by atoms with van der Waals surface area (Å²) < 4.78 is 4.98. The number of rotatable bonds is 5. The molecule has 0 aliphatic rings. The molecule has 2 aromatic rings. The summed E-state index contributed by atoms with van der Waals surface area (Å²) in [7, 11) is 1.58. The highest BCUT2D eigenvalue weighted by atomic mass is 32.1. The molecule has 2 rings (SSSR count). The van der Waals surface area contributed by atoms with Gasteiger partial charge >= 0.3 is 0 Å². The van der Waals surface area contributed by atoms with Crippen molar-refractivity contribution >= 4 is 17.2 Å². The van der Waals surface area contributed by atoms with Gasteiger partial charge in [0.1, 0.15) is 0 Å². The van der Waals surface area contributed by atoms with E-state index < -0.39 is 0 Å². The van der Waals surface area contributed by atoms with E-state index in [1.165, 1.54) is 16.2 Å². The van der Waals surface area contributed by atoms with Crippen molar-refractivity contribution in [2.45, 2.75) is 19.9 Å². The van der Waals surface area contributed by atoms with Gasteiger partial charge in [0, 0.05) is 23.7 Å². The molecular formula is C14H16N2O2S. The lowest BCUT2D eigenvalue weighted by Gasteiger charge is -2.04. The van der Waals surface area contributed by atoms with Crippen molar-refractivity contribution in [1.29, 1.82) is 0 Å². The fourth-order valence-electron chi connectivity index (χ4n) is 1.60. The van der Waals surface area contributed by atoms with E-state index in [4.69, 9.17) is 4.74 Å². The average Bonchev–Trinajstić information content (AvgIpc) is 2.94. The van der Waals surface area contributed by atoms with Gasteiger partial charge in [-0.2, -0.15) is 0 Å². The standard InChI is InChI=1S/C14H16N2O2S/c1-3-11-5-6-12(19-11)14(17)16-9-10-4-7-13(18-2)15-8-10/h4-8H,3,9H2,1-2H3,(H,16,17). The number of aryl methyl sites for hydroxylation is 1. The van der Waals surface area contributed by atoms with Crippen LogP contribution in [0.15, 0.2) is 30.5 Å². The molecule has 2 aromatic heterocycles. The molecule has 0 aliphatic heterocycles. The Morgan fingerprint density at radius 2 is 2.21 bits per heavy atom. The summed E-state index contributed by atoms with van der Waals surface area (Å²) in [6.07, 6.45) is 2.66. The highest BCUT2D eigenvalue weighted by Gasteiger charge is 2.08. The van der Waals surface area contributed by atoms with Gasteiger partial charge < -0.3 is 10.1 Å². The molecule has 0 saturated heterocycles. The molecule has 0 radical (unpaired) electrons. The Morgan fingerprint density at radius 3 is 2.79 bits per heavy atom. The SMILES string of the molecule is CCc1ccc(C(=O)NCc2ccc(OC)nc2)s1. The summed E-state index contributed by atoms with van der Waals surface area (Å²) in [6, 6.07) is 7.53. The quantitative estimate of drug-likeness (QED) is 0.913. The molecule has 0 aromatic carbocycles. The Morgan fingerprint density at radius 1 is 1.37 bits per heavy atom. The molecule has 1 N–H and O–H groups in total. The number of pyridine rings is 1. The molecule has 0 bridgehead atoms. The molecular weight excluding hydrogens is 260 g/mol. The molecule has 100 valence electrons. The zero-order valence-electron chi connectivity index (χ0n) is 11.0. The van der Waals surface area contributed by atoms with E-state index in [2.05, 4.69) is 17.2 Å². The Hall–Kier alpha value is -1.88. The first kappa shape index (κ1) is 13.5. The third-order valence-electron chi connectivity index (χ3n) is 2.69. The number of thiophene rings is 1. The summed E-state index contributed by atoms with van der Waals surface area (Å²) >= 11 is 1.53. The van der Waals surface area contributed by atoms with E-state index in [1.807, 2.05) is 18.2 Å². The van der Waals surface area contributed by atoms with Crippen molar-refractivity contribution in [3.8, 4) is 5.88 Å². The second kappa shape index (κ2) is 6.33. The van der Waals surface area contributed by atoms with Crippen LogP contribution in [0.25, 0.3) is 0 Å². The van der Waals surface area contributed by atoms with Gasteiger partial charge in [-0.05, 0) is 24.1 Å². The van der Waals surface area contributed by atoms with Crippen LogP contribution in [0, 0.1) is 0 Å². The van der Waals surface area contributed by atoms with Crippen LogP contribution in [0.1, 0.15) is 27.0 Å². The fourth-order valence-corrected chi connectivity index (χ4v) is 2.46. The van der Waals surface area contributed by atoms with E-state index >= 15 is 0 Å². The molecule has 0 atom stereocenters. The molecule has 1 amide bonds. The van der Waals surface area contributed by atoms with Crippen LogP contribution < -0.4 is 10.1 Å². The Labute approximate surface area is 116 Å². The third-order valence-corrected chi connectivity index (χ3v) is 3.92. The lowest BCUT2D eigenvalue weighted by molar-refractivity contribution is 0.0955. The van der Waals surface area contributed by atoms with Gasteiger partial charge in [-0.25, -0.2) is 4.98 Å². The van der Waals surface area contributed by atoms with Crippen molar-refractivity contribution in [2.24, 2.45) is 0 Å². The first-order chi connectivity index (χ1) is 9.22. The largest absolute Gasteiger partial charge is 0.481 e. The molecule has 0 fully saturated rings. The van der Waals surface area contributed by atoms with Gasteiger partial charge in [0.05, 0.1) is 12.0 Å². The normalized spacial score (nSPS) is 10.2. The van der Waals surface area contributed by atoms with Crippen LogP contribution in [0.4, 0.5) is 0 Å². The van der Waals surface area contributed by atoms with E-state index in [-0.39, 0.29) is 5.91 Å². The topological polar surface area (TPSA) is 51.2 Å². The minimum absolute atomic E-state index is 0.0412. The maximum absolute atomic E-state index is 11.9. The van der Waals surface area contributed by atoms with Crippen LogP contribution in [0.3, 0.4) is 0 Å². The maximum Gasteiger partial charge on any atom is 0.261 e. The van der Waals surface area contributed by atoms with Crippen molar-refractivity contribution < 1.29 is 9.53 Å². The predicted molar refractivity (Wildman–Crippen MR) is 75.7 cm³/mol. The lowest BCUT2D eigenvalue weighted by Crippen LogP contribution is -2.21. The molecule has 2 heterocycles.